The standard InChI is InChI=1S/C21H29N5O4S/c1-7-26-16-9-8-14(31(28,29)25(5)6)12-15(16)22-19(26)10-11-20(27)23-18-13-17(30-24-18)21(2,3)4/h8-9,12-13H,7,10-11H2,1-6H3,(H,23,24,27). The first-order valence-corrected chi connectivity index (χ1v) is 11.6. The van der Waals surface area contributed by atoms with E-state index in [9.17, 15) is 13.2 Å². The number of hydrogen-bond donors (Lipinski definition) is 1. The highest BCUT2D eigenvalue weighted by atomic mass is 32.2. The van der Waals surface area contributed by atoms with Gasteiger partial charge in [-0.1, -0.05) is 25.9 Å². The summed E-state index contributed by atoms with van der Waals surface area (Å²) in [6.45, 7) is 8.65. The van der Waals surface area contributed by atoms with Crippen molar-refractivity contribution in [2.24, 2.45) is 0 Å². The lowest BCUT2D eigenvalue weighted by Crippen LogP contribution is -2.22. The molecule has 0 spiro atoms. The van der Waals surface area contributed by atoms with Crippen LogP contribution in [0.4, 0.5) is 5.82 Å². The summed E-state index contributed by atoms with van der Waals surface area (Å²) in [5.74, 6) is 1.61. The molecule has 0 aliphatic rings. The van der Waals surface area contributed by atoms with Gasteiger partial charge in [0.25, 0.3) is 0 Å². The molecule has 1 N–H and O–H groups in total. The number of amides is 1. The summed E-state index contributed by atoms with van der Waals surface area (Å²) in [4.78, 5) is 17.2. The lowest BCUT2D eigenvalue weighted by molar-refractivity contribution is -0.116. The fraction of sp³-hybridized carbons (Fsp3) is 0.476. The van der Waals surface area contributed by atoms with Gasteiger partial charge in [0.1, 0.15) is 11.6 Å². The normalized spacial score (nSPS) is 12.6. The summed E-state index contributed by atoms with van der Waals surface area (Å²) in [7, 11) is -0.556. The first kappa shape index (κ1) is 23.0. The highest BCUT2D eigenvalue weighted by Gasteiger charge is 2.21. The molecule has 0 atom stereocenters. The highest BCUT2D eigenvalue weighted by Crippen LogP contribution is 2.25. The quantitative estimate of drug-likeness (QED) is 0.596. The lowest BCUT2D eigenvalue weighted by Gasteiger charge is -2.12. The van der Waals surface area contributed by atoms with Gasteiger partial charge in [-0.05, 0) is 25.1 Å². The van der Waals surface area contributed by atoms with Crippen LogP contribution in [-0.2, 0) is 33.2 Å². The second-order valence-electron chi connectivity index (χ2n) is 8.58. The Hall–Kier alpha value is -2.72. The smallest absolute Gasteiger partial charge is 0.242 e. The SMILES string of the molecule is CCn1c(CCC(=O)Nc2cc(C(C)(C)C)on2)nc2cc(S(=O)(=O)N(C)C)ccc21. The molecule has 0 aliphatic heterocycles. The van der Waals surface area contributed by atoms with Crippen LogP contribution in [0.3, 0.4) is 0 Å². The molecule has 0 bridgehead atoms. The van der Waals surface area contributed by atoms with E-state index in [0.717, 1.165) is 11.3 Å². The summed E-state index contributed by atoms with van der Waals surface area (Å²) < 4.78 is 33.3. The number of hydrogen-bond acceptors (Lipinski definition) is 6. The number of sulfonamides is 1. The summed E-state index contributed by atoms with van der Waals surface area (Å²) >= 11 is 0. The number of fused-ring (bicyclic) bond motifs is 1. The summed E-state index contributed by atoms with van der Waals surface area (Å²) in [6.07, 6.45) is 0.623. The van der Waals surface area contributed by atoms with Crippen molar-refractivity contribution in [1.29, 1.82) is 0 Å². The molecule has 0 saturated heterocycles. The molecule has 0 saturated carbocycles. The van der Waals surface area contributed by atoms with Crippen LogP contribution in [0.1, 0.15) is 45.7 Å². The molecular formula is C21H29N5O4S. The molecule has 0 aliphatic carbocycles. The molecule has 1 aromatic carbocycles. The lowest BCUT2D eigenvalue weighted by atomic mass is 9.93. The number of rotatable bonds is 7. The summed E-state index contributed by atoms with van der Waals surface area (Å²) in [5, 5.41) is 6.66. The van der Waals surface area contributed by atoms with Crippen LogP contribution in [0.25, 0.3) is 11.0 Å². The molecule has 3 rings (SSSR count). The van der Waals surface area contributed by atoms with Gasteiger partial charge in [-0.3, -0.25) is 4.79 Å². The monoisotopic (exact) mass is 447 g/mol. The zero-order valence-corrected chi connectivity index (χ0v) is 19.6. The van der Waals surface area contributed by atoms with Crippen molar-refractivity contribution >= 4 is 32.8 Å². The molecule has 9 nitrogen and oxygen atoms in total. The number of aromatic nitrogens is 3. The maximum atomic E-state index is 12.4. The van der Waals surface area contributed by atoms with E-state index in [0.29, 0.717) is 30.1 Å². The van der Waals surface area contributed by atoms with E-state index in [1.807, 2.05) is 32.3 Å². The van der Waals surface area contributed by atoms with E-state index in [-0.39, 0.29) is 22.6 Å². The van der Waals surface area contributed by atoms with Crippen LogP contribution in [0.2, 0.25) is 0 Å². The van der Waals surface area contributed by atoms with Gasteiger partial charge >= 0.3 is 0 Å². The number of benzene rings is 1. The minimum atomic E-state index is -3.54. The Bertz CT molecular complexity index is 1200. The van der Waals surface area contributed by atoms with Crippen LogP contribution in [-0.4, -0.2) is 47.4 Å². The third-order valence-corrected chi connectivity index (χ3v) is 6.80. The Morgan fingerprint density at radius 3 is 2.52 bits per heavy atom. The third-order valence-electron chi connectivity index (χ3n) is 4.99. The number of nitrogens with one attached hydrogen (secondary N) is 1. The number of carbonyl (C=O) groups excluding carboxylic acids is 1. The maximum Gasteiger partial charge on any atom is 0.242 e. The van der Waals surface area contributed by atoms with Gasteiger partial charge in [0.05, 0.1) is 15.9 Å². The Morgan fingerprint density at radius 1 is 1.23 bits per heavy atom. The van der Waals surface area contributed by atoms with Crippen LogP contribution < -0.4 is 5.32 Å². The van der Waals surface area contributed by atoms with Crippen LogP contribution in [0.15, 0.2) is 33.7 Å². The van der Waals surface area contributed by atoms with Crippen molar-refractivity contribution in [3.8, 4) is 0 Å². The predicted octanol–water partition coefficient (Wildman–Crippen LogP) is 3.16. The minimum Gasteiger partial charge on any atom is -0.359 e. The zero-order valence-electron chi connectivity index (χ0n) is 18.8. The number of imidazole rings is 1. The molecule has 10 heteroatoms. The van der Waals surface area contributed by atoms with Crippen molar-refractivity contribution in [3.05, 3.63) is 35.9 Å². The summed E-state index contributed by atoms with van der Waals surface area (Å²) in [5.41, 5.74) is 1.23. The van der Waals surface area contributed by atoms with Gasteiger partial charge in [0.15, 0.2) is 5.82 Å². The van der Waals surface area contributed by atoms with E-state index in [1.165, 1.54) is 18.4 Å². The van der Waals surface area contributed by atoms with E-state index in [2.05, 4.69) is 15.5 Å². The molecular weight excluding hydrogens is 418 g/mol. The second kappa shape index (κ2) is 8.43. The van der Waals surface area contributed by atoms with Gasteiger partial charge < -0.3 is 14.4 Å². The minimum absolute atomic E-state index is 0.190. The Labute approximate surface area is 182 Å². The second-order valence-corrected chi connectivity index (χ2v) is 10.7. The van der Waals surface area contributed by atoms with Crippen LogP contribution >= 0.6 is 0 Å². The number of carbonyl (C=O) groups is 1. The largest absolute Gasteiger partial charge is 0.359 e. The predicted molar refractivity (Wildman–Crippen MR) is 118 cm³/mol. The molecule has 0 radical (unpaired) electrons. The Morgan fingerprint density at radius 2 is 1.94 bits per heavy atom. The van der Waals surface area contributed by atoms with Gasteiger partial charge in [0, 0.05) is 45.0 Å². The first-order chi connectivity index (χ1) is 14.4. The average Bonchev–Trinajstić information content (AvgIpc) is 3.29. The van der Waals surface area contributed by atoms with Crippen molar-refractivity contribution < 1.29 is 17.7 Å². The van der Waals surface area contributed by atoms with Gasteiger partial charge in [-0.2, -0.15) is 0 Å². The van der Waals surface area contributed by atoms with Crippen molar-refractivity contribution in [2.45, 2.75) is 57.4 Å². The molecule has 0 unspecified atom stereocenters. The summed E-state index contributed by atoms with van der Waals surface area (Å²) in [6, 6.07) is 6.64. The molecule has 31 heavy (non-hydrogen) atoms. The zero-order chi connectivity index (χ0) is 23.0. The fourth-order valence-electron chi connectivity index (χ4n) is 3.19. The number of aryl methyl sites for hydroxylation is 2. The van der Waals surface area contributed by atoms with Gasteiger partial charge in [0.2, 0.25) is 15.9 Å². The third kappa shape index (κ3) is 4.80. The van der Waals surface area contributed by atoms with Gasteiger partial charge in [-0.25, -0.2) is 17.7 Å². The van der Waals surface area contributed by atoms with Crippen LogP contribution in [0.5, 0.6) is 0 Å². The topological polar surface area (TPSA) is 110 Å². The first-order valence-electron chi connectivity index (χ1n) is 10.1. The maximum absolute atomic E-state index is 12.4. The van der Waals surface area contributed by atoms with Crippen LogP contribution in [0, 0.1) is 0 Å². The molecule has 2 heterocycles. The molecule has 3 aromatic rings. The van der Waals surface area contributed by atoms with Crippen molar-refractivity contribution in [1.82, 2.24) is 19.0 Å². The molecule has 2 aromatic heterocycles. The van der Waals surface area contributed by atoms with Crippen molar-refractivity contribution in [3.63, 3.8) is 0 Å². The molecule has 0 fully saturated rings. The number of nitrogens with zero attached hydrogens (tertiary/aromatic N) is 4. The van der Waals surface area contributed by atoms with E-state index < -0.39 is 10.0 Å². The highest BCUT2D eigenvalue weighted by molar-refractivity contribution is 7.89. The van der Waals surface area contributed by atoms with E-state index in [4.69, 9.17) is 4.52 Å². The molecule has 1 amide bonds. The van der Waals surface area contributed by atoms with Crippen molar-refractivity contribution in [2.75, 3.05) is 19.4 Å². The average molecular weight is 448 g/mol. The van der Waals surface area contributed by atoms with E-state index in [1.54, 1.807) is 24.3 Å². The van der Waals surface area contributed by atoms with Gasteiger partial charge in [-0.15, -0.1) is 0 Å². The fourth-order valence-corrected chi connectivity index (χ4v) is 4.11. The molecule has 168 valence electrons. The van der Waals surface area contributed by atoms with E-state index >= 15 is 0 Å². The number of anilines is 1. The Balaban J connectivity index is 1.76. The Kier molecular flexibility index (Phi) is 6.24.